The van der Waals surface area contributed by atoms with E-state index in [0.29, 0.717) is 5.25 Å². The van der Waals surface area contributed by atoms with Crippen molar-refractivity contribution >= 4 is 29.6 Å². The van der Waals surface area contributed by atoms with Crippen LogP contribution in [0.25, 0.3) is 0 Å². The Balaban J connectivity index is 0.00000176. The smallest absolute Gasteiger partial charge is 0.410 e. The molecule has 1 aliphatic rings. The predicted octanol–water partition coefficient (Wildman–Crippen LogP) is 6.24. The Morgan fingerprint density at radius 2 is 1.93 bits per heavy atom. The molecule has 27 heavy (non-hydrogen) atoms. The first-order chi connectivity index (χ1) is 12.5. The summed E-state index contributed by atoms with van der Waals surface area (Å²) in [5.74, 6) is 0.881. The fourth-order valence-electron chi connectivity index (χ4n) is 2.51. The topological polar surface area (TPSA) is 42.4 Å². The van der Waals surface area contributed by atoms with Gasteiger partial charge in [0.25, 0.3) is 0 Å². The largest absolute Gasteiger partial charge is 0.444 e. The van der Waals surface area contributed by atoms with E-state index in [4.69, 9.17) is 4.74 Å². The van der Waals surface area contributed by atoms with Crippen LogP contribution in [0.1, 0.15) is 67.5 Å². The normalized spacial score (nSPS) is 17.3. The Morgan fingerprint density at radius 3 is 2.52 bits per heavy atom. The maximum Gasteiger partial charge on any atom is 0.410 e. The van der Waals surface area contributed by atoms with Crippen LogP contribution in [-0.2, 0) is 10.5 Å². The van der Waals surface area contributed by atoms with E-state index in [1.165, 1.54) is 4.90 Å². The van der Waals surface area contributed by atoms with Crippen LogP contribution in [0.5, 0.6) is 0 Å². The second-order valence-corrected chi connectivity index (χ2v) is 11.5. The second-order valence-electron chi connectivity index (χ2n) is 8.31. The Kier molecular flexibility index (Phi) is 9.49. The van der Waals surface area contributed by atoms with Crippen LogP contribution in [0.3, 0.4) is 0 Å². The van der Waals surface area contributed by atoms with E-state index in [2.05, 4.69) is 31.8 Å². The number of rotatable bonds is 4. The highest BCUT2D eigenvalue weighted by atomic mass is 32.2. The van der Waals surface area contributed by atoms with E-state index in [1.807, 2.05) is 75.3 Å². The molecule has 0 N–H and O–H groups in total. The molecule has 2 heterocycles. The number of thioether (sulfide) groups is 2. The molecule has 1 saturated heterocycles. The summed E-state index contributed by atoms with van der Waals surface area (Å²) in [6.07, 6.45) is 2.68. The van der Waals surface area contributed by atoms with Gasteiger partial charge in [-0.3, -0.25) is 4.98 Å². The fraction of sp³-hybridized carbons (Fsp3) is 0.714. The number of nitrogens with zero attached hydrogens (tertiary/aromatic N) is 2. The van der Waals surface area contributed by atoms with Gasteiger partial charge in [-0.15, -0.1) is 11.8 Å². The minimum Gasteiger partial charge on any atom is -0.444 e. The van der Waals surface area contributed by atoms with Crippen LogP contribution >= 0.6 is 23.5 Å². The van der Waals surface area contributed by atoms with Crippen molar-refractivity contribution in [2.45, 2.75) is 88.1 Å². The lowest BCUT2D eigenvalue weighted by atomic mass is 10.2. The van der Waals surface area contributed by atoms with Crippen LogP contribution in [0.15, 0.2) is 23.2 Å². The third-order valence-electron chi connectivity index (χ3n) is 3.52. The summed E-state index contributed by atoms with van der Waals surface area (Å²) in [6, 6.07) is 4.16. The third kappa shape index (κ3) is 9.24. The van der Waals surface area contributed by atoms with Crippen LogP contribution in [-0.4, -0.2) is 44.7 Å². The number of aromatic nitrogens is 1. The highest BCUT2D eigenvalue weighted by Crippen LogP contribution is 2.35. The predicted molar refractivity (Wildman–Crippen MR) is 119 cm³/mol. The third-order valence-corrected chi connectivity index (χ3v) is 6.02. The minimum atomic E-state index is -0.435. The van der Waals surface area contributed by atoms with Crippen LogP contribution in [0, 0.1) is 0 Å². The minimum absolute atomic E-state index is 0.170. The number of hydrogen-bond acceptors (Lipinski definition) is 5. The number of hydrogen-bond donors (Lipinski definition) is 0. The van der Waals surface area contributed by atoms with Gasteiger partial charge in [-0.1, -0.05) is 34.6 Å². The first kappa shape index (κ1) is 24.2. The van der Waals surface area contributed by atoms with Gasteiger partial charge < -0.3 is 9.64 Å². The van der Waals surface area contributed by atoms with Gasteiger partial charge in [-0.25, -0.2) is 4.79 Å². The van der Waals surface area contributed by atoms with E-state index in [0.717, 1.165) is 31.0 Å². The number of carbonyl (C=O) groups excluding carboxylic acids is 1. The second kappa shape index (κ2) is 10.6. The summed E-state index contributed by atoms with van der Waals surface area (Å²) in [7, 11) is 0. The SMILES string of the molecule is CC.CC(C)(C)OC(=O)N1CCC(SCc2ncccc2SC(C)(C)C)C1. The van der Waals surface area contributed by atoms with Crippen molar-refractivity contribution in [2.24, 2.45) is 0 Å². The maximum atomic E-state index is 12.2. The first-order valence-corrected chi connectivity index (χ1v) is 11.6. The van der Waals surface area contributed by atoms with Crippen molar-refractivity contribution in [3.63, 3.8) is 0 Å². The van der Waals surface area contributed by atoms with Crippen LogP contribution in [0.2, 0.25) is 0 Å². The van der Waals surface area contributed by atoms with Crippen molar-refractivity contribution in [1.29, 1.82) is 0 Å². The standard InChI is InChI=1S/C19H30N2O2S2.C2H6/c1-18(2,3)23-17(22)21-11-9-14(12-21)24-13-15-16(8-7-10-20-15)25-19(4,5)6;1-2/h7-8,10,14H,9,11-13H2,1-6H3;1-2H3. The molecule has 1 fully saturated rings. The Bertz CT molecular complexity index is 595. The fourth-order valence-corrected chi connectivity index (χ4v) is 4.83. The van der Waals surface area contributed by atoms with E-state index in [-0.39, 0.29) is 10.8 Å². The average Bonchev–Trinajstić information content (AvgIpc) is 3.02. The molecule has 2 rings (SSSR count). The maximum absolute atomic E-state index is 12.2. The molecule has 1 amide bonds. The highest BCUT2D eigenvalue weighted by Gasteiger charge is 2.30. The molecule has 0 radical (unpaired) electrons. The van der Waals surface area contributed by atoms with E-state index >= 15 is 0 Å². The van der Waals surface area contributed by atoms with Gasteiger partial charge in [0.05, 0.1) is 5.69 Å². The molecule has 154 valence electrons. The van der Waals surface area contributed by atoms with Crippen molar-refractivity contribution in [1.82, 2.24) is 9.88 Å². The zero-order chi connectivity index (χ0) is 20.7. The summed E-state index contributed by atoms with van der Waals surface area (Å²) in [4.78, 5) is 19.8. The number of likely N-dealkylation sites (tertiary alicyclic amines) is 1. The highest BCUT2D eigenvalue weighted by molar-refractivity contribution is 8.01. The first-order valence-electron chi connectivity index (χ1n) is 9.76. The molecule has 0 aliphatic carbocycles. The molecule has 1 atom stereocenters. The monoisotopic (exact) mass is 412 g/mol. The molecule has 4 nitrogen and oxygen atoms in total. The lowest BCUT2D eigenvalue weighted by molar-refractivity contribution is 0.0295. The van der Waals surface area contributed by atoms with Gasteiger partial charge in [0.15, 0.2) is 0 Å². The molecule has 0 spiro atoms. The average molecular weight is 413 g/mol. The Morgan fingerprint density at radius 1 is 1.26 bits per heavy atom. The summed E-state index contributed by atoms with van der Waals surface area (Å²) in [5, 5.41) is 0.446. The number of carbonyl (C=O) groups is 1. The van der Waals surface area contributed by atoms with Gasteiger partial charge in [0, 0.05) is 39.9 Å². The zero-order valence-electron chi connectivity index (χ0n) is 18.2. The molecular formula is C21H36N2O2S2. The van der Waals surface area contributed by atoms with Crippen molar-refractivity contribution in [3.05, 3.63) is 24.0 Å². The molecule has 1 aromatic heterocycles. The Hall–Kier alpha value is -0.880. The lowest BCUT2D eigenvalue weighted by Crippen LogP contribution is -2.35. The van der Waals surface area contributed by atoms with Crippen LogP contribution < -0.4 is 0 Å². The molecule has 1 aliphatic heterocycles. The summed E-state index contributed by atoms with van der Waals surface area (Å²) >= 11 is 3.75. The van der Waals surface area contributed by atoms with Gasteiger partial charge in [-0.05, 0) is 39.3 Å². The van der Waals surface area contributed by atoms with Gasteiger partial charge in [-0.2, -0.15) is 11.8 Å². The van der Waals surface area contributed by atoms with Gasteiger partial charge >= 0.3 is 6.09 Å². The quantitative estimate of drug-likeness (QED) is 0.547. The molecule has 6 heteroatoms. The zero-order valence-corrected chi connectivity index (χ0v) is 19.8. The molecular weight excluding hydrogens is 376 g/mol. The Labute approximate surface area is 174 Å². The van der Waals surface area contributed by atoms with E-state index in [1.54, 1.807) is 0 Å². The van der Waals surface area contributed by atoms with Crippen molar-refractivity contribution < 1.29 is 9.53 Å². The van der Waals surface area contributed by atoms with Crippen molar-refractivity contribution in [3.8, 4) is 0 Å². The molecule has 0 saturated carbocycles. The molecule has 1 unspecified atom stereocenters. The number of amides is 1. The van der Waals surface area contributed by atoms with E-state index < -0.39 is 5.60 Å². The number of ether oxygens (including phenoxy) is 1. The number of pyridine rings is 1. The van der Waals surface area contributed by atoms with Gasteiger partial charge in [0.1, 0.15) is 5.60 Å². The van der Waals surface area contributed by atoms with Gasteiger partial charge in [0.2, 0.25) is 0 Å². The van der Waals surface area contributed by atoms with Crippen molar-refractivity contribution in [2.75, 3.05) is 13.1 Å². The summed E-state index contributed by atoms with van der Waals surface area (Å²) in [6.45, 7) is 17.9. The molecule has 0 bridgehead atoms. The summed E-state index contributed by atoms with van der Waals surface area (Å²) in [5.41, 5.74) is 0.707. The molecule has 0 aromatic carbocycles. The lowest BCUT2D eigenvalue weighted by Gasteiger charge is -2.24. The van der Waals surface area contributed by atoms with Crippen LogP contribution in [0.4, 0.5) is 4.79 Å². The van der Waals surface area contributed by atoms with E-state index in [9.17, 15) is 4.79 Å². The summed E-state index contributed by atoms with van der Waals surface area (Å²) < 4.78 is 5.64. The molecule has 1 aromatic rings.